The Morgan fingerprint density at radius 3 is 2.19 bits per heavy atom. The molecule has 1 aromatic carbocycles. The van der Waals surface area contributed by atoms with Crippen molar-refractivity contribution in [3.63, 3.8) is 0 Å². The molecule has 1 aromatic rings. The number of nitrogens with one attached hydrogen (secondary N) is 1. The van der Waals surface area contributed by atoms with Crippen molar-refractivity contribution >= 4 is 15.5 Å². The zero-order valence-electron chi connectivity index (χ0n) is 15.4. The first-order valence-electron chi connectivity index (χ1n) is 9.28. The van der Waals surface area contributed by atoms with E-state index in [9.17, 15) is 21.6 Å². The number of halogens is 3. The lowest BCUT2D eigenvalue weighted by atomic mass is 9.98. The molecule has 0 aliphatic carbocycles. The molecule has 0 amide bonds. The number of likely N-dealkylation sites (tertiary alicyclic amines) is 2. The number of rotatable bonds is 4. The number of piperidine rings is 2. The summed E-state index contributed by atoms with van der Waals surface area (Å²) in [5, 5.41) is 3.04. The lowest BCUT2D eigenvalue weighted by molar-refractivity contribution is -0.0435. The Hall–Kier alpha value is -1.32. The van der Waals surface area contributed by atoms with Crippen molar-refractivity contribution in [2.24, 2.45) is 0 Å². The van der Waals surface area contributed by atoms with Crippen LogP contribution in [0.1, 0.15) is 25.7 Å². The van der Waals surface area contributed by atoms with Gasteiger partial charge in [0.25, 0.3) is 9.84 Å². The summed E-state index contributed by atoms with van der Waals surface area (Å²) >= 11 is 0. The highest BCUT2D eigenvalue weighted by Gasteiger charge is 2.48. The maximum atomic E-state index is 12.9. The highest BCUT2D eigenvalue weighted by atomic mass is 32.2. The third-order valence-electron chi connectivity index (χ3n) is 5.57. The van der Waals surface area contributed by atoms with Crippen LogP contribution < -0.4 is 5.32 Å². The lowest BCUT2D eigenvalue weighted by Crippen LogP contribution is -2.48. The first-order valence-corrected chi connectivity index (χ1v) is 10.8. The largest absolute Gasteiger partial charge is 0.501 e. The summed E-state index contributed by atoms with van der Waals surface area (Å²) in [5.41, 5.74) is -5.27. The number of hydrogen-bond donors (Lipinski definition) is 1. The molecule has 0 bridgehead atoms. The molecule has 5 nitrogen and oxygen atoms in total. The molecule has 2 aliphatic heterocycles. The predicted molar refractivity (Wildman–Crippen MR) is 98.4 cm³/mol. The number of para-hydroxylation sites is 1. The van der Waals surface area contributed by atoms with Crippen molar-refractivity contribution in [3.05, 3.63) is 24.3 Å². The predicted octanol–water partition coefficient (Wildman–Crippen LogP) is 2.95. The Balaban J connectivity index is 1.63. The molecular weight excluding hydrogens is 379 g/mol. The first-order chi connectivity index (χ1) is 12.7. The fourth-order valence-corrected chi connectivity index (χ4v) is 4.86. The van der Waals surface area contributed by atoms with E-state index in [-0.39, 0.29) is 11.7 Å². The molecule has 0 aromatic heterocycles. The van der Waals surface area contributed by atoms with Crippen LogP contribution in [0.4, 0.5) is 18.9 Å². The van der Waals surface area contributed by atoms with Crippen molar-refractivity contribution in [3.8, 4) is 0 Å². The summed E-state index contributed by atoms with van der Waals surface area (Å²) in [5.74, 6) is 0. The molecule has 3 rings (SSSR count). The molecule has 0 radical (unpaired) electrons. The van der Waals surface area contributed by atoms with Crippen molar-refractivity contribution in [2.45, 2.75) is 48.2 Å². The number of alkyl halides is 3. The molecule has 0 saturated carbocycles. The summed E-state index contributed by atoms with van der Waals surface area (Å²) in [7, 11) is -3.24. The molecule has 2 fully saturated rings. The van der Waals surface area contributed by atoms with Crippen molar-refractivity contribution in [1.82, 2.24) is 9.80 Å². The molecule has 0 unspecified atom stereocenters. The van der Waals surface area contributed by atoms with Crippen LogP contribution >= 0.6 is 0 Å². The zero-order valence-corrected chi connectivity index (χ0v) is 16.2. The first kappa shape index (κ1) is 20.4. The van der Waals surface area contributed by atoms with Gasteiger partial charge in [0.05, 0.1) is 10.6 Å². The Morgan fingerprint density at radius 2 is 1.59 bits per heavy atom. The molecule has 9 heteroatoms. The average molecular weight is 405 g/mol. The summed E-state index contributed by atoms with van der Waals surface area (Å²) in [4.78, 5) is 4.09. The van der Waals surface area contributed by atoms with Crippen LogP contribution in [0.25, 0.3) is 0 Å². The summed E-state index contributed by atoms with van der Waals surface area (Å²) < 4.78 is 62.5. The van der Waals surface area contributed by atoms with E-state index in [0.29, 0.717) is 6.04 Å². The number of anilines is 1. The third kappa shape index (κ3) is 4.57. The Morgan fingerprint density at radius 1 is 1.00 bits per heavy atom. The Bertz CT molecular complexity index is 738. The van der Waals surface area contributed by atoms with Crippen LogP contribution in [-0.2, 0) is 9.84 Å². The second-order valence-electron chi connectivity index (χ2n) is 7.43. The van der Waals surface area contributed by atoms with Gasteiger partial charge in [0, 0.05) is 25.2 Å². The fourth-order valence-electron chi connectivity index (χ4n) is 3.93. The van der Waals surface area contributed by atoms with Gasteiger partial charge in [0.1, 0.15) is 0 Å². The maximum absolute atomic E-state index is 12.9. The quantitative estimate of drug-likeness (QED) is 0.835. The lowest BCUT2D eigenvalue weighted by Gasteiger charge is -2.41. The monoisotopic (exact) mass is 405 g/mol. The normalized spacial score (nSPS) is 22.1. The molecule has 152 valence electrons. The van der Waals surface area contributed by atoms with Gasteiger partial charge in [-0.15, -0.1) is 0 Å². The van der Waals surface area contributed by atoms with E-state index in [1.54, 1.807) is 6.07 Å². The van der Waals surface area contributed by atoms with Crippen molar-refractivity contribution in [2.75, 3.05) is 38.5 Å². The topological polar surface area (TPSA) is 52.6 Å². The van der Waals surface area contributed by atoms with Gasteiger partial charge in [-0.05, 0) is 58.0 Å². The van der Waals surface area contributed by atoms with Gasteiger partial charge in [-0.2, -0.15) is 13.2 Å². The van der Waals surface area contributed by atoms with Gasteiger partial charge in [0.2, 0.25) is 0 Å². The number of hydrogen-bond acceptors (Lipinski definition) is 5. The van der Waals surface area contributed by atoms with Gasteiger partial charge >= 0.3 is 5.51 Å². The van der Waals surface area contributed by atoms with E-state index in [4.69, 9.17) is 0 Å². The molecule has 0 atom stereocenters. The minimum atomic E-state index is -5.37. The van der Waals surface area contributed by atoms with Gasteiger partial charge in [0.15, 0.2) is 0 Å². The van der Waals surface area contributed by atoms with E-state index < -0.39 is 20.2 Å². The van der Waals surface area contributed by atoms with Crippen LogP contribution in [-0.4, -0.2) is 69.0 Å². The van der Waals surface area contributed by atoms with Crippen LogP contribution in [0.15, 0.2) is 29.2 Å². The average Bonchev–Trinajstić information content (AvgIpc) is 2.62. The number of benzene rings is 1. The summed E-state index contributed by atoms with van der Waals surface area (Å²) in [6, 6.07) is 5.82. The molecule has 2 saturated heterocycles. The van der Waals surface area contributed by atoms with Gasteiger partial charge in [-0.25, -0.2) is 8.42 Å². The highest BCUT2D eigenvalue weighted by Crippen LogP contribution is 2.35. The minimum absolute atomic E-state index is 0.0305. The SMILES string of the molecule is CN1CCC(N2CCC(Nc3ccccc3S(=O)(=O)C(F)(F)F)CC2)CC1. The second-order valence-corrected chi connectivity index (χ2v) is 9.34. The van der Waals surface area contributed by atoms with E-state index in [2.05, 4.69) is 22.2 Å². The highest BCUT2D eigenvalue weighted by molar-refractivity contribution is 7.92. The minimum Gasteiger partial charge on any atom is -0.381 e. The van der Waals surface area contributed by atoms with Gasteiger partial charge < -0.3 is 15.1 Å². The standard InChI is InChI=1S/C18H26F3N3O2S/c1-23-10-8-15(9-11-23)24-12-6-14(7-13-24)22-16-4-2-3-5-17(16)27(25,26)18(19,20)21/h2-5,14-15,22H,6-13H2,1H3. The third-order valence-corrected chi connectivity index (χ3v) is 7.12. The number of sulfone groups is 1. The smallest absolute Gasteiger partial charge is 0.381 e. The van der Waals surface area contributed by atoms with Crippen molar-refractivity contribution in [1.29, 1.82) is 0 Å². The molecular formula is C18H26F3N3O2S. The Labute approximate surface area is 158 Å². The molecule has 27 heavy (non-hydrogen) atoms. The molecule has 2 heterocycles. The van der Waals surface area contributed by atoms with E-state index in [0.717, 1.165) is 57.9 Å². The van der Waals surface area contributed by atoms with Crippen molar-refractivity contribution < 1.29 is 21.6 Å². The van der Waals surface area contributed by atoms with Crippen LogP contribution in [0.5, 0.6) is 0 Å². The van der Waals surface area contributed by atoms with E-state index in [1.165, 1.54) is 12.1 Å². The van der Waals surface area contributed by atoms with E-state index >= 15 is 0 Å². The zero-order chi connectivity index (χ0) is 19.7. The van der Waals surface area contributed by atoms with Gasteiger partial charge in [-0.1, -0.05) is 12.1 Å². The fraction of sp³-hybridized carbons (Fsp3) is 0.667. The summed E-state index contributed by atoms with van der Waals surface area (Å²) in [6.07, 6.45) is 3.85. The molecule has 1 N–H and O–H groups in total. The van der Waals surface area contributed by atoms with Gasteiger partial charge in [-0.3, -0.25) is 0 Å². The van der Waals surface area contributed by atoms with Crippen LogP contribution in [0.3, 0.4) is 0 Å². The maximum Gasteiger partial charge on any atom is 0.501 e. The number of nitrogens with zero attached hydrogens (tertiary/aromatic N) is 2. The Kier molecular flexibility index (Phi) is 6.02. The second kappa shape index (κ2) is 7.97. The van der Waals surface area contributed by atoms with E-state index in [1.807, 2.05) is 0 Å². The van der Waals surface area contributed by atoms with Crippen LogP contribution in [0, 0.1) is 0 Å². The summed E-state index contributed by atoms with van der Waals surface area (Å²) in [6.45, 7) is 3.93. The van der Waals surface area contributed by atoms with Crippen LogP contribution in [0.2, 0.25) is 0 Å². The molecule has 0 spiro atoms. The molecule has 2 aliphatic rings.